The lowest BCUT2D eigenvalue weighted by Crippen LogP contribution is -1.96. The Bertz CT molecular complexity index is 3410. The topological polar surface area (TPSA) is 64.5 Å². The van der Waals surface area contributed by atoms with E-state index in [1.165, 1.54) is 11.1 Å². The summed E-state index contributed by atoms with van der Waals surface area (Å²) in [5.41, 5.74) is 16.5. The van der Waals surface area contributed by atoms with Gasteiger partial charge < -0.3 is 0 Å². The van der Waals surface area contributed by atoms with Crippen LogP contribution in [0.4, 0.5) is 0 Å². The van der Waals surface area contributed by atoms with Crippen LogP contribution >= 0.6 is 0 Å². The summed E-state index contributed by atoms with van der Waals surface area (Å²) in [5.74, 6) is 0.686. The van der Waals surface area contributed by atoms with Gasteiger partial charge in [-0.05, 0) is 75.5 Å². The Labute approximate surface area is 360 Å². The SMILES string of the molecule is CCc1cc(-c2ccccc2)c2ccc3ccc(-c4ccc(-c5ccc(-c6cc(-c7cccc(-c8cccc9ccncc89)c7)nc(-c7ccccc7)n6)cc5)cc4)nc3c2n1. The number of hydrogen-bond acceptors (Lipinski definition) is 5. The van der Waals surface area contributed by atoms with Gasteiger partial charge in [-0.25, -0.2) is 15.0 Å². The fourth-order valence-electron chi connectivity index (χ4n) is 8.46. The molecule has 0 radical (unpaired) electrons. The van der Waals surface area contributed by atoms with Gasteiger partial charge in [-0.15, -0.1) is 0 Å². The third-order valence-electron chi connectivity index (χ3n) is 11.7. The Hall–Kier alpha value is -8.15. The maximum absolute atomic E-state index is 5.24. The van der Waals surface area contributed by atoms with E-state index in [4.69, 9.17) is 19.9 Å². The number of nitrogens with zero attached hydrogens (tertiary/aromatic N) is 5. The summed E-state index contributed by atoms with van der Waals surface area (Å²) in [7, 11) is 0. The van der Waals surface area contributed by atoms with Gasteiger partial charge >= 0.3 is 0 Å². The van der Waals surface area contributed by atoms with Crippen LogP contribution in [0.5, 0.6) is 0 Å². The highest BCUT2D eigenvalue weighted by atomic mass is 14.9. The summed E-state index contributed by atoms with van der Waals surface area (Å²) in [4.78, 5) is 25.0. The maximum atomic E-state index is 5.24. The molecule has 11 aromatic rings. The molecule has 0 unspecified atom stereocenters. The lowest BCUT2D eigenvalue weighted by Gasteiger charge is -2.12. The first-order chi connectivity index (χ1) is 30.6. The number of fused-ring (bicyclic) bond motifs is 4. The van der Waals surface area contributed by atoms with Crippen molar-refractivity contribution in [1.82, 2.24) is 24.9 Å². The van der Waals surface area contributed by atoms with E-state index < -0.39 is 0 Å². The van der Waals surface area contributed by atoms with Crippen molar-refractivity contribution in [3.63, 3.8) is 0 Å². The standard InChI is InChI=1S/C57H39N5/c1-2-47-34-50(39-11-5-3-6-12-39)49-29-27-43-28-30-52(60-55(43)56(49)59-47)41-23-19-37(20-24-41)38-21-25-42(26-22-38)53-35-54(62-57(61-53)44-13-7-4-8-14-44)46-17-9-16-45(33-46)48-18-10-15-40-31-32-58-36-51(40)48/h3-36H,2H2,1H3. The highest BCUT2D eigenvalue weighted by molar-refractivity contribution is 6.09. The Balaban J connectivity index is 0.915. The summed E-state index contributed by atoms with van der Waals surface area (Å²) >= 11 is 0. The Morgan fingerprint density at radius 2 is 0.984 bits per heavy atom. The van der Waals surface area contributed by atoms with E-state index in [-0.39, 0.29) is 0 Å². The van der Waals surface area contributed by atoms with E-state index in [0.717, 1.165) is 106 Å². The molecule has 0 atom stereocenters. The van der Waals surface area contributed by atoms with Crippen LogP contribution in [-0.2, 0) is 6.42 Å². The summed E-state index contributed by atoms with van der Waals surface area (Å²) in [5, 5.41) is 4.48. The summed E-state index contributed by atoms with van der Waals surface area (Å²) in [6.07, 6.45) is 4.63. The quantitative estimate of drug-likeness (QED) is 0.143. The minimum atomic E-state index is 0.686. The van der Waals surface area contributed by atoms with Gasteiger partial charge in [0.2, 0.25) is 0 Å². The number of hydrogen-bond donors (Lipinski definition) is 0. The highest BCUT2D eigenvalue weighted by Crippen LogP contribution is 2.36. The van der Waals surface area contributed by atoms with Crippen LogP contribution < -0.4 is 0 Å². The van der Waals surface area contributed by atoms with Crippen molar-refractivity contribution >= 4 is 32.6 Å². The summed E-state index contributed by atoms with van der Waals surface area (Å²) < 4.78 is 0. The van der Waals surface area contributed by atoms with Gasteiger partial charge in [-0.1, -0.05) is 171 Å². The van der Waals surface area contributed by atoms with Gasteiger partial charge in [-0.3, -0.25) is 9.97 Å². The van der Waals surface area contributed by atoms with E-state index in [9.17, 15) is 0 Å². The van der Waals surface area contributed by atoms with Crippen LogP contribution in [0.2, 0.25) is 0 Å². The molecule has 0 fully saturated rings. The molecule has 4 heterocycles. The van der Waals surface area contributed by atoms with Gasteiger partial charge in [0.1, 0.15) is 0 Å². The predicted molar refractivity (Wildman–Crippen MR) is 255 cm³/mol. The number of pyridine rings is 3. The van der Waals surface area contributed by atoms with E-state index >= 15 is 0 Å². The number of aryl methyl sites for hydroxylation is 1. The summed E-state index contributed by atoms with van der Waals surface area (Å²) in [6.45, 7) is 2.16. The zero-order valence-electron chi connectivity index (χ0n) is 34.1. The molecule has 62 heavy (non-hydrogen) atoms. The molecule has 0 aliphatic heterocycles. The first-order valence-electron chi connectivity index (χ1n) is 21.0. The fraction of sp³-hybridized carbons (Fsp3) is 0.0351. The number of aromatic nitrogens is 5. The number of rotatable bonds is 8. The largest absolute Gasteiger partial charge is 0.264 e. The highest BCUT2D eigenvalue weighted by Gasteiger charge is 2.15. The molecule has 0 N–H and O–H groups in total. The molecular weight excluding hydrogens is 755 g/mol. The van der Waals surface area contributed by atoms with Crippen molar-refractivity contribution in [3.05, 3.63) is 212 Å². The molecule has 292 valence electrons. The molecule has 11 rings (SSSR count). The van der Waals surface area contributed by atoms with Crippen LogP contribution in [0, 0.1) is 0 Å². The lowest BCUT2D eigenvalue weighted by atomic mass is 9.97. The monoisotopic (exact) mass is 793 g/mol. The molecule has 4 aromatic heterocycles. The third-order valence-corrected chi connectivity index (χ3v) is 11.7. The van der Waals surface area contributed by atoms with Crippen molar-refractivity contribution in [1.29, 1.82) is 0 Å². The lowest BCUT2D eigenvalue weighted by molar-refractivity contribution is 1.06. The van der Waals surface area contributed by atoms with Crippen molar-refractivity contribution in [2.45, 2.75) is 13.3 Å². The summed E-state index contributed by atoms with van der Waals surface area (Å²) in [6, 6.07) is 68.0. The molecular formula is C57H39N5. The second-order valence-corrected chi connectivity index (χ2v) is 15.6. The van der Waals surface area contributed by atoms with Crippen molar-refractivity contribution in [2.75, 3.05) is 0 Å². The molecule has 0 aliphatic rings. The molecule has 0 saturated heterocycles. The second-order valence-electron chi connectivity index (χ2n) is 15.6. The van der Waals surface area contributed by atoms with Gasteiger partial charge in [0, 0.05) is 56.5 Å². The van der Waals surface area contributed by atoms with Crippen LogP contribution in [0.3, 0.4) is 0 Å². The normalized spacial score (nSPS) is 11.4. The zero-order valence-corrected chi connectivity index (χ0v) is 34.1. The average Bonchev–Trinajstić information content (AvgIpc) is 3.36. The van der Waals surface area contributed by atoms with Crippen molar-refractivity contribution in [2.24, 2.45) is 0 Å². The van der Waals surface area contributed by atoms with Crippen LogP contribution in [0.1, 0.15) is 12.6 Å². The fourth-order valence-corrected chi connectivity index (χ4v) is 8.46. The van der Waals surface area contributed by atoms with E-state index in [0.29, 0.717) is 5.82 Å². The van der Waals surface area contributed by atoms with Gasteiger partial charge in [-0.2, -0.15) is 0 Å². The minimum Gasteiger partial charge on any atom is -0.264 e. The average molecular weight is 794 g/mol. The second kappa shape index (κ2) is 15.8. The third kappa shape index (κ3) is 6.95. The van der Waals surface area contributed by atoms with Gasteiger partial charge in [0.25, 0.3) is 0 Å². The maximum Gasteiger partial charge on any atom is 0.160 e. The Kier molecular flexibility index (Phi) is 9.40. The molecule has 0 aliphatic carbocycles. The minimum absolute atomic E-state index is 0.686. The van der Waals surface area contributed by atoms with Crippen LogP contribution in [0.25, 0.3) is 111 Å². The Morgan fingerprint density at radius 3 is 1.73 bits per heavy atom. The van der Waals surface area contributed by atoms with E-state index in [1.807, 2.05) is 30.6 Å². The van der Waals surface area contributed by atoms with E-state index in [1.54, 1.807) is 0 Å². The van der Waals surface area contributed by atoms with Crippen LogP contribution in [-0.4, -0.2) is 24.9 Å². The predicted octanol–water partition coefficient (Wildman–Crippen LogP) is 14.4. The molecule has 5 nitrogen and oxygen atoms in total. The molecule has 0 saturated carbocycles. The molecule has 0 amide bonds. The first kappa shape index (κ1) is 36.9. The first-order valence-corrected chi connectivity index (χ1v) is 21.0. The smallest absolute Gasteiger partial charge is 0.160 e. The van der Waals surface area contributed by atoms with Crippen LogP contribution in [0.15, 0.2) is 207 Å². The zero-order chi connectivity index (χ0) is 41.4. The molecule has 0 spiro atoms. The van der Waals surface area contributed by atoms with E-state index in [2.05, 4.69) is 188 Å². The van der Waals surface area contributed by atoms with Gasteiger partial charge in [0.15, 0.2) is 5.82 Å². The van der Waals surface area contributed by atoms with Crippen molar-refractivity contribution in [3.8, 4) is 78.5 Å². The molecule has 0 bridgehead atoms. The Morgan fingerprint density at radius 1 is 0.355 bits per heavy atom. The number of benzene rings is 7. The van der Waals surface area contributed by atoms with Crippen molar-refractivity contribution < 1.29 is 0 Å². The van der Waals surface area contributed by atoms with Gasteiger partial charge in [0.05, 0.1) is 28.1 Å². The molecule has 5 heteroatoms. The molecule has 7 aromatic carbocycles.